The van der Waals surface area contributed by atoms with Crippen LogP contribution in [0.2, 0.25) is 5.02 Å². The minimum Gasteiger partial charge on any atom is -0.345 e. The zero-order chi connectivity index (χ0) is 21.5. The van der Waals surface area contributed by atoms with Gasteiger partial charge in [-0.2, -0.15) is 5.10 Å². The molecule has 0 saturated heterocycles. The lowest BCUT2D eigenvalue weighted by Crippen LogP contribution is -2.30. The van der Waals surface area contributed by atoms with Crippen molar-refractivity contribution < 1.29 is 4.79 Å². The molecule has 4 rings (SSSR count). The minimum absolute atomic E-state index is 0.0998. The van der Waals surface area contributed by atoms with Crippen molar-refractivity contribution in [1.82, 2.24) is 20.5 Å². The van der Waals surface area contributed by atoms with Gasteiger partial charge in [0.2, 0.25) is 0 Å². The van der Waals surface area contributed by atoms with Crippen molar-refractivity contribution in [2.45, 2.75) is 23.4 Å². The van der Waals surface area contributed by atoms with Crippen molar-refractivity contribution in [3.8, 4) is 0 Å². The van der Waals surface area contributed by atoms with Crippen molar-refractivity contribution in [1.29, 1.82) is 0 Å². The zero-order valence-corrected chi connectivity index (χ0v) is 18.2. The molecule has 5 nitrogen and oxygen atoms in total. The first-order valence-electron chi connectivity index (χ1n) is 9.85. The molecule has 1 heterocycles. The topological polar surface area (TPSA) is 70.7 Å². The average molecular weight is 449 g/mol. The van der Waals surface area contributed by atoms with Gasteiger partial charge in [-0.3, -0.25) is 9.89 Å². The minimum atomic E-state index is -0.142. The standard InChI is InChI=1S/C24H21ClN4OS/c25-21-12-8-17(9-13-21)14-22(19-4-2-1-3-5-19)28-23(30)20-10-6-18(7-11-20)15-31-24-26-16-27-29-24/h1-13,16,22H,14-15H2,(H,28,30)(H,26,27,29). The number of hydrogen-bond acceptors (Lipinski definition) is 4. The summed E-state index contributed by atoms with van der Waals surface area (Å²) in [6.07, 6.45) is 2.17. The van der Waals surface area contributed by atoms with Crippen molar-refractivity contribution in [3.63, 3.8) is 0 Å². The molecule has 2 N–H and O–H groups in total. The van der Waals surface area contributed by atoms with E-state index in [9.17, 15) is 4.79 Å². The Morgan fingerprint density at radius 3 is 2.35 bits per heavy atom. The largest absolute Gasteiger partial charge is 0.345 e. The van der Waals surface area contributed by atoms with Gasteiger partial charge in [0.25, 0.3) is 5.91 Å². The maximum Gasteiger partial charge on any atom is 0.251 e. The molecule has 0 aliphatic heterocycles. The van der Waals surface area contributed by atoms with Crippen LogP contribution in [0.15, 0.2) is 90.3 Å². The summed E-state index contributed by atoms with van der Waals surface area (Å²) in [4.78, 5) is 17.1. The van der Waals surface area contributed by atoms with Crippen LogP contribution in [-0.4, -0.2) is 21.1 Å². The number of aromatic nitrogens is 3. The summed E-state index contributed by atoms with van der Waals surface area (Å²) in [5.74, 6) is 0.651. The van der Waals surface area contributed by atoms with E-state index < -0.39 is 0 Å². The number of nitrogens with one attached hydrogen (secondary N) is 2. The fraction of sp³-hybridized carbons (Fsp3) is 0.125. The van der Waals surface area contributed by atoms with E-state index >= 15 is 0 Å². The summed E-state index contributed by atoms with van der Waals surface area (Å²) in [6.45, 7) is 0. The van der Waals surface area contributed by atoms with E-state index in [2.05, 4.69) is 20.5 Å². The smallest absolute Gasteiger partial charge is 0.251 e. The van der Waals surface area contributed by atoms with Crippen LogP contribution >= 0.6 is 23.4 Å². The molecule has 0 radical (unpaired) electrons. The maximum atomic E-state index is 13.0. The number of aromatic amines is 1. The molecule has 1 atom stereocenters. The number of rotatable bonds is 8. The van der Waals surface area contributed by atoms with Gasteiger partial charge in [0.15, 0.2) is 5.16 Å². The van der Waals surface area contributed by atoms with Crippen LogP contribution in [0.25, 0.3) is 0 Å². The summed E-state index contributed by atoms with van der Waals surface area (Å²) >= 11 is 7.58. The second-order valence-corrected chi connectivity index (χ2v) is 8.44. The van der Waals surface area contributed by atoms with Crippen LogP contribution in [0.5, 0.6) is 0 Å². The Kier molecular flexibility index (Phi) is 7.02. The lowest BCUT2D eigenvalue weighted by atomic mass is 9.98. The number of thioether (sulfide) groups is 1. The number of amides is 1. The maximum absolute atomic E-state index is 13.0. The summed E-state index contributed by atoms with van der Waals surface area (Å²) in [5.41, 5.74) is 3.91. The third kappa shape index (κ3) is 5.96. The van der Waals surface area contributed by atoms with Gasteiger partial charge in [0.1, 0.15) is 6.33 Å². The molecular formula is C24H21ClN4OS. The first-order chi connectivity index (χ1) is 15.2. The predicted molar refractivity (Wildman–Crippen MR) is 124 cm³/mol. The van der Waals surface area contributed by atoms with Crippen molar-refractivity contribution in [2.24, 2.45) is 0 Å². The summed E-state index contributed by atoms with van der Waals surface area (Å²) in [6, 6.07) is 25.2. The summed E-state index contributed by atoms with van der Waals surface area (Å²) in [7, 11) is 0. The molecule has 0 aliphatic carbocycles. The highest BCUT2D eigenvalue weighted by Crippen LogP contribution is 2.22. The van der Waals surface area contributed by atoms with E-state index in [1.165, 1.54) is 6.33 Å². The van der Waals surface area contributed by atoms with Crippen LogP contribution in [0.4, 0.5) is 0 Å². The molecular weight excluding hydrogens is 428 g/mol. The SMILES string of the molecule is O=C(NC(Cc1ccc(Cl)cc1)c1ccccc1)c1ccc(CSc2ncn[nH]2)cc1. The normalized spacial score (nSPS) is 11.8. The Morgan fingerprint density at radius 2 is 1.68 bits per heavy atom. The van der Waals surface area contributed by atoms with Gasteiger partial charge in [-0.15, -0.1) is 0 Å². The van der Waals surface area contributed by atoms with Crippen molar-refractivity contribution in [2.75, 3.05) is 0 Å². The molecule has 1 amide bonds. The highest BCUT2D eigenvalue weighted by molar-refractivity contribution is 7.98. The zero-order valence-electron chi connectivity index (χ0n) is 16.7. The molecule has 0 bridgehead atoms. The fourth-order valence-electron chi connectivity index (χ4n) is 3.20. The Balaban J connectivity index is 1.44. The van der Waals surface area contributed by atoms with Crippen LogP contribution in [-0.2, 0) is 12.2 Å². The molecule has 7 heteroatoms. The van der Waals surface area contributed by atoms with E-state index in [0.717, 1.165) is 27.6 Å². The van der Waals surface area contributed by atoms with Crippen molar-refractivity contribution in [3.05, 3.63) is 112 Å². The second-order valence-electron chi connectivity index (χ2n) is 7.04. The molecule has 156 valence electrons. The molecule has 0 saturated carbocycles. The van der Waals surface area contributed by atoms with Gasteiger partial charge in [0, 0.05) is 16.3 Å². The van der Waals surface area contributed by atoms with E-state index in [4.69, 9.17) is 11.6 Å². The number of carbonyl (C=O) groups excluding carboxylic acids is 1. The molecule has 0 spiro atoms. The molecule has 3 aromatic carbocycles. The van der Waals surface area contributed by atoms with Gasteiger partial charge in [-0.05, 0) is 47.4 Å². The fourth-order valence-corrected chi connectivity index (χ4v) is 4.06. The third-order valence-corrected chi connectivity index (χ3v) is 6.04. The van der Waals surface area contributed by atoms with Crippen LogP contribution in [0.1, 0.15) is 33.1 Å². The molecule has 31 heavy (non-hydrogen) atoms. The number of carbonyl (C=O) groups is 1. The third-order valence-electron chi connectivity index (χ3n) is 4.84. The number of hydrogen-bond donors (Lipinski definition) is 2. The Bertz CT molecular complexity index is 1100. The lowest BCUT2D eigenvalue weighted by Gasteiger charge is -2.20. The first-order valence-corrected chi connectivity index (χ1v) is 11.2. The van der Waals surface area contributed by atoms with Gasteiger partial charge < -0.3 is 5.32 Å². The van der Waals surface area contributed by atoms with Gasteiger partial charge >= 0.3 is 0 Å². The first kappa shape index (κ1) is 21.2. The van der Waals surface area contributed by atoms with Crippen molar-refractivity contribution >= 4 is 29.3 Å². The highest BCUT2D eigenvalue weighted by atomic mass is 35.5. The van der Waals surface area contributed by atoms with E-state index in [1.54, 1.807) is 11.8 Å². The molecule has 0 aliphatic rings. The molecule has 1 unspecified atom stereocenters. The van der Waals surface area contributed by atoms with Crippen LogP contribution in [0, 0.1) is 0 Å². The van der Waals surface area contributed by atoms with E-state index in [0.29, 0.717) is 17.0 Å². The summed E-state index contributed by atoms with van der Waals surface area (Å²) in [5, 5.41) is 11.3. The Morgan fingerprint density at radius 1 is 0.968 bits per heavy atom. The van der Waals surface area contributed by atoms with Crippen LogP contribution < -0.4 is 5.32 Å². The highest BCUT2D eigenvalue weighted by Gasteiger charge is 2.16. The molecule has 0 fully saturated rings. The summed E-state index contributed by atoms with van der Waals surface area (Å²) < 4.78 is 0. The van der Waals surface area contributed by atoms with Gasteiger partial charge in [-0.1, -0.05) is 78.0 Å². The lowest BCUT2D eigenvalue weighted by molar-refractivity contribution is 0.0936. The number of benzene rings is 3. The number of H-pyrrole nitrogens is 1. The number of halogens is 1. The van der Waals surface area contributed by atoms with Gasteiger partial charge in [-0.25, -0.2) is 4.98 Å². The Labute approximate surface area is 190 Å². The number of nitrogens with zero attached hydrogens (tertiary/aromatic N) is 2. The van der Waals surface area contributed by atoms with Gasteiger partial charge in [0.05, 0.1) is 6.04 Å². The van der Waals surface area contributed by atoms with Crippen LogP contribution in [0.3, 0.4) is 0 Å². The van der Waals surface area contributed by atoms with E-state index in [1.807, 2.05) is 78.9 Å². The predicted octanol–water partition coefficient (Wildman–Crippen LogP) is 5.46. The van der Waals surface area contributed by atoms with E-state index in [-0.39, 0.29) is 11.9 Å². The molecule has 4 aromatic rings. The monoisotopic (exact) mass is 448 g/mol. The molecule has 1 aromatic heterocycles. The average Bonchev–Trinajstić information content (AvgIpc) is 3.33. The quantitative estimate of drug-likeness (QED) is 0.351. The Hall–Kier alpha value is -3.09. The second kappa shape index (κ2) is 10.3.